The quantitative estimate of drug-likeness (QED) is 0.779. The maximum absolute atomic E-state index is 9.92. The molecule has 1 aromatic carbocycles. The van der Waals surface area contributed by atoms with Crippen molar-refractivity contribution in [3.8, 4) is 5.75 Å². The fraction of sp³-hybridized carbons (Fsp3) is 0.400. The summed E-state index contributed by atoms with van der Waals surface area (Å²) >= 11 is 0. The van der Waals surface area contributed by atoms with Crippen molar-refractivity contribution in [1.82, 2.24) is 9.55 Å². The smallest absolute Gasteiger partial charge is 0.125 e. The van der Waals surface area contributed by atoms with Crippen molar-refractivity contribution in [2.45, 2.75) is 32.4 Å². The van der Waals surface area contributed by atoms with Crippen LogP contribution in [0.15, 0.2) is 43.0 Å². The number of rotatable bonds is 7. The lowest BCUT2D eigenvalue weighted by molar-refractivity contribution is 0.166. The molecular weight excluding hydrogens is 240 g/mol. The number of ether oxygens (including phenoxy) is 1. The minimum absolute atomic E-state index is 0.454. The van der Waals surface area contributed by atoms with Crippen LogP contribution in [-0.4, -0.2) is 21.3 Å². The van der Waals surface area contributed by atoms with Gasteiger partial charge in [-0.05, 0) is 18.9 Å². The molecule has 0 saturated carbocycles. The zero-order valence-corrected chi connectivity index (χ0v) is 11.2. The summed E-state index contributed by atoms with van der Waals surface area (Å²) in [6, 6.07) is 7.68. The topological polar surface area (TPSA) is 47.3 Å². The number of benzene rings is 1. The van der Waals surface area contributed by atoms with Gasteiger partial charge in [-0.3, -0.25) is 0 Å². The van der Waals surface area contributed by atoms with Crippen LogP contribution in [0.4, 0.5) is 0 Å². The van der Waals surface area contributed by atoms with Gasteiger partial charge in [0.2, 0.25) is 0 Å². The second-order valence-electron chi connectivity index (χ2n) is 4.46. The average molecular weight is 260 g/mol. The van der Waals surface area contributed by atoms with Crippen molar-refractivity contribution >= 4 is 0 Å². The number of imidazole rings is 1. The molecule has 0 radical (unpaired) electrons. The Hall–Kier alpha value is -1.81. The van der Waals surface area contributed by atoms with Crippen molar-refractivity contribution < 1.29 is 9.84 Å². The van der Waals surface area contributed by atoms with E-state index in [1.165, 1.54) is 0 Å². The molecule has 1 N–H and O–H groups in total. The van der Waals surface area contributed by atoms with Gasteiger partial charge in [0.05, 0.1) is 19.0 Å². The molecule has 0 aliphatic carbocycles. The Labute approximate surface area is 113 Å². The molecule has 0 aliphatic rings. The minimum atomic E-state index is -0.454. The van der Waals surface area contributed by atoms with E-state index < -0.39 is 6.10 Å². The first-order chi connectivity index (χ1) is 9.31. The van der Waals surface area contributed by atoms with Crippen molar-refractivity contribution in [3.05, 3.63) is 48.5 Å². The SMILES string of the molecule is CCC(O)c1ccccc1OCCCn1ccnc1. The van der Waals surface area contributed by atoms with E-state index in [0.717, 1.165) is 24.3 Å². The fourth-order valence-electron chi connectivity index (χ4n) is 1.96. The van der Waals surface area contributed by atoms with Crippen LogP contribution in [0.3, 0.4) is 0 Å². The molecule has 1 aromatic heterocycles. The van der Waals surface area contributed by atoms with Crippen molar-refractivity contribution in [3.63, 3.8) is 0 Å². The zero-order valence-electron chi connectivity index (χ0n) is 11.2. The summed E-state index contributed by atoms with van der Waals surface area (Å²) in [6.45, 7) is 3.48. The Morgan fingerprint density at radius 3 is 2.95 bits per heavy atom. The van der Waals surface area contributed by atoms with Gasteiger partial charge in [0.1, 0.15) is 5.75 Å². The van der Waals surface area contributed by atoms with Crippen molar-refractivity contribution in [2.24, 2.45) is 0 Å². The molecule has 4 heteroatoms. The lowest BCUT2D eigenvalue weighted by Crippen LogP contribution is -2.06. The number of hydrogen-bond acceptors (Lipinski definition) is 3. The van der Waals surface area contributed by atoms with E-state index in [1.54, 1.807) is 12.5 Å². The summed E-state index contributed by atoms with van der Waals surface area (Å²) in [5.41, 5.74) is 0.868. The number of nitrogens with zero attached hydrogens (tertiary/aromatic N) is 2. The summed E-state index contributed by atoms with van der Waals surface area (Å²) in [5.74, 6) is 0.780. The van der Waals surface area contributed by atoms with Gasteiger partial charge in [0.25, 0.3) is 0 Å². The molecule has 0 aliphatic heterocycles. The Morgan fingerprint density at radius 1 is 1.37 bits per heavy atom. The maximum Gasteiger partial charge on any atom is 0.125 e. The lowest BCUT2D eigenvalue weighted by Gasteiger charge is -2.14. The second kappa shape index (κ2) is 6.95. The summed E-state index contributed by atoms with van der Waals surface area (Å²) in [6.07, 6.45) is 6.66. The molecular formula is C15H20N2O2. The van der Waals surface area contributed by atoms with E-state index >= 15 is 0 Å². The molecule has 0 spiro atoms. The predicted molar refractivity (Wildman–Crippen MR) is 74.0 cm³/mol. The lowest BCUT2D eigenvalue weighted by atomic mass is 10.1. The first kappa shape index (κ1) is 13.6. The van der Waals surface area contributed by atoms with Gasteiger partial charge in [-0.25, -0.2) is 4.98 Å². The Balaban J connectivity index is 1.85. The van der Waals surface area contributed by atoms with Crippen LogP contribution in [0, 0.1) is 0 Å². The first-order valence-electron chi connectivity index (χ1n) is 6.66. The number of aryl methyl sites for hydroxylation is 1. The van der Waals surface area contributed by atoms with Crippen LogP contribution in [0.1, 0.15) is 31.4 Å². The summed E-state index contributed by atoms with van der Waals surface area (Å²) in [5, 5.41) is 9.92. The third-order valence-electron chi connectivity index (χ3n) is 3.04. The Kier molecular flexibility index (Phi) is 4.98. The third kappa shape index (κ3) is 3.83. The summed E-state index contributed by atoms with van der Waals surface area (Å²) < 4.78 is 7.79. The monoisotopic (exact) mass is 260 g/mol. The second-order valence-corrected chi connectivity index (χ2v) is 4.46. The molecule has 1 atom stereocenters. The van der Waals surface area contributed by atoms with E-state index in [-0.39, 0.29) is 0 Å². The van der Waals surface area contributed by atoms with Crippen LogP contribution >= 0.6 is 0 Å². The largest absolute Gasteiger partial charge is 0.493 e. The van der Waals surface area contributed by atoms with E-state index in [9.17, 15) is 5.11 Å². The zero-order chi connectivity index (χ0) is 13.5. The van der Waals surface area contributed by atoms with E-state index in [2.05, 4.69) is 4.98 Å². The van der Waals surface area contributed by atoms with Gasteiger partial charge >= 0.3 is 0 Å². The molecule has 1 heterocycles. The van der Waals surface area contributed by atoms with Crippen molar-refractivity contribution in [1.29, 1.82) is 0 Å². The third-order valence-corrected chi connectivity index (χ3v) is 3.04. The van der Waals surface area contributed by atoms with Crippen LogP contribution < -0.4 is 4.74 Å². The molecule has 2 rings (SSSR count). The number of aromatic nitrogens is 2. The fourth-order valence-corrected chi connectivity index (χ4v) is 1.96. The summed E-state index contributed by atoms with van der Waals surface area (Å²) in [7, 11) is 0. The van der Waals surface area contributed by atoms with Crippen LogP contribution in [0.5, 0.6) is 5.75 Å². The van der Waals surface area contributed by atoms with E-state index in [4.69, 9.17) is 4.74 Å². The van der Waals surface area contributed by atoms with Crippen LogP contribution in [-0.2, 0) is 6.54 Å². The highest BCUT2D eigenvalue weighted by atomic mass is 16.5. The number of aliphatic hydroxyl groups is 1. The molecule has 0 saturated heterocycles. The highest BCUT2D eigenvalue weighted by molar-refractivity contribution is 5.34. The van der Waals surface area contributed by atoms with E-state index in [1.807, 2.05) is 42.0 Å². The maximum atomic E-state index is 9.92. The number of hydrogen-bond donors (Lipinski definition) is 1. The molecule has 0 fully saturated rings. The van der Waals surface area contributed by atoms with Gasteiger partial charge in [0.15, 0.2) is 0 Å². The van der Waals surface area contributed by atoms with Crippen molar-refractivity contribution in [2.75, 3.05) is 6.61 Å². The van der Waals surface area contributed by atoms with Gasteiger partial charge < -0.3 is 14.4 Å². The first-order valence-corrected chi connectivity index (χ1v) is 6.66. The molecule has 0 amide bonds. The Bertz CT molecular complexity index is 483. The van der Waals surface area contributed by atoms with Gasteiger partial charge in [-0.15, -0.1) is 0 Å². The number of aliphatic hydroxyl groups excluding tert-OH is 1. The standard InChI is InChI=1S/C15H20N2O2/c1-2-14(18)13-6-3-4-7-15(13)19-11-5-9-17-10-8-16-12-17/h3-4,6-8,10,12,14,18H,2,5,9,11H2,1H3. The molecule has 19 heavy (non-hydrogen) atoms. The summed E-state index contributed by atoms with van der Waals surface area (Å²) in [4.78, 5) is 4.00. The average Bonchev–Trinajstić information content (AvgIpc) is 2.96. The van der Waals surface area contributed by atoms with Gasteiger partial charge in [-0.1, -0.05) is 25.1 Å². The molecule has 4 nitrogen and oxygen atoms in total. The highest BCUT2D eigenvalue weighted by Crippen LogP contribution is 2.26. The Morgan fingerprint density at radius 2 is 2.21 bits per heavy atom. The molecule has 0 bridgehead atoms. The highest BCUT2D eigenvalue weighted by Gasteiger charge is 2.10. The molecule has 2 aromatic rings. The normalized spacial score (nSPS) is 12.3. The van der Waals surface area contributed by atoms with Crippen LogP contribution in [0.25, 0.3) is 0 Å². The van der Waals surface area contributed by atoms with E-state index in [0.29, 0.717) is 13.0 Å². The number of para-hydroxylation sites is 1. The van der Waals surface area contributed by atoms with Crippen LogP contribution in [0.2, 0.25) is 0 Å². The van der Waals surface area contributed by atoms with Gasteiger partial charge in [-0.2, -0.15) is 0 Å². The predicted octanol–water partition coefficient (Wildman–Crippen LogP) is 2.80. The van der Waals surface area contributed by atoms with Gasteiger partial charge in [0, 0.05) is 24.5 Å². The molecule has 1 unspecified atom stereocenters. The minimum Gasteiger partial charge on any atom is -0.493 e. The molecule has 102 valence electrons.